The number of anilines is 3. The number of rotatable bonds is 6. The summed E-state index contributed by atoms with van der Waals surface area (Å²) in [4.78, 5) is 28.2. The fraction of sp³-hybridized carbons (Fsp3) is 0.462. The van der Waals surface area contributed by atoms with Gasteiger partial charge in [0.25, 0.3) is 0 Å². The number of halogens is 2. The summed E-state index contributed by atoms with van der Waals surface area (Å²) < 4.78 is 0. The van der Waals surface area contributed by atoms with E-state index < -0.39 is 0 Å². The van der Waals surface area contributed by atoms with Crippen molar-refractivity contribution in [2.45, 2.75) is 26.3 Å². The summed E-state index contributed by atoms with van der Waals surface area (Å²) in [7, 11) is 0. The number of pyridine rings is 2. The summed E-state index contributed by atoms with van der Waals surface area (Å²) in [5.41, 5.74) is 1.73. The van der Waals surface area contributed by atoms with E-state index in [1.165, 1.54) is 6.42 Å². The third kappa shape index (κ3) is 5.51. The van der Waals surface area contributed by atoms with Gasteiger partial charge in [-0.05, 0) is 38.1 Å². The fourth-order valence-electron chi connectivity index (χ4n) is 5.00. The van der Waals surface area contributed by atoms with Crippen LogP contribution in [-0.2, 0) is 0 Å². The quantitative estimate of drug-likeness (QED) is 0.465. The van der Waals surface area contributed by atoms with Crippen LogP contribution in [0.3, 0.4) is 0 Å². The monoisotopic (exact) mass is 526 g/mol. The van der Waals surface area contributed by atoms with Gasteiger partial charge in [-0.1, -0.05) is 30.1 Å². The molecule has 0 bridgehead atoms. The molecule has 0 aromatic carbocycles. The van der Waals surface area contributed by atoms with Crippen molar-refractivity contribution >= 4 is 40.8 Å². The highest BCUT2D eigenvalue weighted by molar-refractivity contribution is 6.33. The maximum absolute atomic E-state index is 6.43. The lowest BCUT2D eigenvalue weighted by Crippen LogP contribution is -2.53. The lowest BCUT2D eigenvalue weighted by molar-refractivity contribution is 0.257. The second kappa shape index (κ2) is 11.2. The Morgan fingerprint density at radius 2 is 1.78 bits per heavy atom. The fourth-order valence-corrected chi connectivity index (χ4v) is 5.41. The molecule has 5 heterocycles. The van der Waals surface area contributed by atoms with Crippen molar-refractivity contribution in [3.63, 3.8) is 0 Å². The topological polar surface area (TPSA) is 64.5 Å². The van der Waals surface area contributed by atoms with E-state index in [1.54, 1.807) is 12.4 Å². The van der Waals surface area contributed by atoms with Crippen LogP contribution in [0.2, 0.25) is 10.0 Å². The van der Waals surface area contributed by atoms with Crippen LogP contribution in [0.15, 0.2) is 42.9 Å². The van der Waals surface area contributed by atoms with E-state index in [0.29, 0.717) is 10.0 Å². The summed E-state index contributed by atoms with van der Waals surface area (Å²) in [5, 5.41) is 1.28. The lowest BCUT2D eigenvalue weighted by atomic mass is 10.1. The van der Waals surface area contributed by atoms with Gasteiger partial charge in [0.05, 0.1) is 15.7 Å². The van der Waals surface area contributed by atoms with Gasteiger partial charge in [-0.25, -0.2) is 9.97 Å². The Morgan fingerprint density at radius 1 is 0.972 bits per heavy atom. The van der Waals surface area contributed by atoms with Gasteiger partial charge in [-0.2, -0.15) is 4.98 Å². The molecule has 2 aliphatic rings. The largest absolute Gasteiger partial charge is 0.352 e. The van der Waals surface area contributed by atoms with Gasteiger partial charge >= 0.3 is 0 Å². The van der Waals surface area contributed by atoms with E-state index in [9.17, 15) is 0 Å². The van der Waals surface area contributed by atoms with Crippen LogP contribution < -0.4 is 14.7 Å². The zero-order chi connectivity index (χ0) is 25.1. The summed E-state index contributed by atoms with van der Waals surface area (Å²) in [6, 6.07) is 7.94. The van der Waals surface area contributed by atoms with E-state index in [-0.39, 0.29) is 6.04 Å². The van der Waals surface area contributed by atoms with Gasteiger partial charge in [0.1, 0.15) is 11.6 Å². The molecule has 3 aromatic heterocycles. The van der Waals surface area contributed by atoms with Gasteiger partial charge in [-0.15, -0.1) is 0 Å². The summed E-state index contributed by atoms with van der Waals surface area (Å²) in [6.45, 7) is 11.9. The minimum absolute atomic E-state index is 0.214. The number of piperazine rings is 2. The molecule has 0 amide bonds. The highest BCUT2D eigenvalue weighted by Crippen LogP contribution is 2.30. The van der Waals surface area contributed by atoms with Gasteiger partial charge in [0, 0.05) is 82.1 Å². The SMILES string of the molecule is CCCN1CCN(c2nc(-c3cncc(Cl)c3)cc(N3CCN(c4ncccc4Cl)CC3C)n2)CC1. The van der Waals surface area contributed by atoms with Crippen LogP contribution >= 0.6 is 23.2 Å². The van der Waals surface area contributed by atoms with Gasteiger partial charge in [0.2, 0.25) is 5.95 Å². The molecular weight excluding hydrogens is 495 g/mol. The van der Waals surface area contributed by atoms with Crippen molar-refractivity contribution in [3.8, 4) is 11.3 Å². The van der Waals surface area contributed by atoms with Crippen molar-refractivity contribution in [1.82, 2.24) is 24.8 Å². The van der Waals surface area contributed by atoms with Gasteiger partial charge in [0.15, 0.2) is 0 Å². The number of hydrogen-bond donors (Lipinski definition) is 0. The zero-order valence-electron chi connectivity index (χ0n) is 20.8. The number of aromatic nitrogens is 4. The highest BCUT2D eigenvalue weighted by atomic mass is 35.5. The third-order valence-electron chi connectivity index (χ3n) is 6.86. The molecule has 0 radical (unpaired) electrons. The van der Waals surface area contributed by atoms with Gasteiger partial charge in [-0.3, -0.25) is 9.88 Å². The maximum atomic E-state index is 6.43. The van der Waals surface area contributed by atoms with Crippen LogP contribution in [0, 0.1) is 0 Å². The van der Waals surface area contributed by atoms with Crippen molar-refractivity contribution < 1.29 is 0 Å². The number of nitrogens with zero attached hydrogens (tertiary/aromatic N) is 8. The first-order valence-electron chi connectivity index (χ1n) is 12.6. The molecule has 0 spiro atoms. The maximum Gasteiger partial charge on any atom is 0.227 e. The van der Waals surface area contributed by atoms with Crippen LogP contribution in [0.5, 0.6) is 0 Å². The van der Waals surface area contributed by atoms with Crippen LogP contribution in [0.1, 0.15) is 20.3 Å². The van der Waals surface area contributed by atoms with Crippen LogP contribution in [0.25, 0.3) is 11.3 Å². The molecule has 10 heteroatoms. The summed E-state index contributed by atoms with van der Waals surface area (Å²) in [6.07, 6.45) is 6.42. The molecule has 0 aliphatic carbocycles. The van der Waals surface area contributed by atoms with Crippen molar-refractivity contribution in [1.29, 1.82) is 0 Å². The van der Waals surface area contributed by atoms with E-state index in [0.717, 1.165) is 81.2 Å². The Bertz CT molecular complexity index is 1180. The minimum Gasteiger partial charge on any atom is -0.352 e. The van der Waals surface area contributed by atoms with Crippen LogP contribution in [-0.4, -0.2) is 83.2 Å². The standard InChI is InChI=1S/C26H32Cl2N8/c1-3-7-33-8-10-34(11-9-33)26-31-23(20-14-21(27)17-29-16-20)15-24(32-26)36-13-12-35(18-19(36)2)25-22(28)5-4-6-30-25/h4-6,14-17,19H,3,7-13,18H2,1-2H3. The first kappa shape index (κ1) is 25.0. The lowest BCUT2D eigenvalue weighted by Gasteiger charge is -2.41. The Hall–Kier alpha value is -2.68. The average molecular weight is 528 g/mol. The van der Waals surface area contributed by atoms with E-state index in [2.05, 4.69) is 49.5 Å². The van der Waals surface area contributed by atoms with E-state index in [1.807, 2.05) is 24.4 Å². The van der Waals surface area contributed by atoms with E-state index >= 15 is 0 Å². The molecular formula is C26H32Cl2N8. The normalized spacial score (nSPS) is 19.1. The molecule has 0 N–H and O–H groups in total. The van der Waals surface area contributed by atoms with Crippen molar-refractivity contribution in [2.75, 3.05) is 67.1 Å². The minimum atomic E-state index is 0.214. The third-order valence-corrected chi connectivity index (χ3v) is 7.36. The molecule has 2 fully saturated rings. The first-order chi connectivity index (χ1) is 17.5. The molecule has 190 valence electrons. The van der Waals surface area contributed by atoms with Crippen molar-refractivity contribution in [2.24, 2.45) is 0 Å². The van der Waals surface area contributed by atoms with Crippen molar-refractivity contribution in [3.05, 3.63) is 52.9 Å². The Kier molecular flexibility index (Phi) is 7.74. The molecule has 5 rings (SSSR count). The molecule has 1 unspecified atom stereocenters. The Morgan fingerprint density at radius 3 is 2.50 bits per heavy atom. The molecule has 2 saturated heterocycles. The number of hydrogen-bond acceptors (Lipinski definition) is 8. The Labute approximate surface area is 222 Å². The molecule has 8 nitrogen and oxygen atoms in total. The Balaban J connectivity index is 1.43. The molecule has 36 heavy (non-hydrogen) atoms. The van der Waals surface area contributed by atoms with Crippen LogP contribution in [0.4, 0.5) is 17.6 Å². The van der Waals surface area contributed by atoms with E-state index in [4.69, 9.17) is 33.2 Å². The average Bonchev–Trinajstić information content (AvgIpc) is 2.89. The predicted molar refractivity (Wildman–Crippen MR) is 147 cm³/mol. The molecule has 3 aromatic rings. The second-order valence-electron chi connectivity index (χ2n) is 9.43. The summed E-state index contributed by atoms with van der Waals surface area (Å²) in [5.74, 6) is 2.52. The van der Waals surface area contributed by atoms with Gasteiger partial charge < -0.3 is 14.7 Å². The predicted octanol–water partition coefficient (Wildman–Crippen LogP) is 4.49. The first-order valence-corrected chi connectivity index (χ1v) is 13.4. The molecule has 2 aliphatic heterocycles. The highest BCUT2D eigenvalue weighted by Gasteiger charge is 2.28. The second-order valence-corrected chi connectivity index (χ2v) is 10.3. The smallest absolute Gasteiger partial charge is 0.227 e. The zero-order valence-corrected chi connectivity index (χ0v) is 22.3. The molecule has 0 saturated carbocycles. The molecule has 1 atom stereocenters. The summed E-state index contributed by atoms with van der Waals surface area (Å²) >= 11 is 12.7.